The van der Waals surface area contributed by atoms with Gasteiger partial charge in [0.05, 0.1) is 12.7 Å². The molecule has 6 atom stereocenters. The molecule has 0 aromatic heterocycles. The average molecular weight is 566 g/mol. The minimum Gasteiger partial charge on any atom is -0.404 e. The summed E-state index contributed by atoms with van der Waals surface area (Å²) in [7, 11) is -2.70. The van der Waals surface area contributed by atoms with Crippen molar-refractivity contribution in [3.63, 3.8) is 0 Å². The van der Waals surface area contributed by atoms with E-state index in [0.717, 1.165) is 38.5 Å². The molecule has 4 fully saturated rings. The number of carbonyl (C=O) groups excluding carboxylic acids is 1. The van der Waals surface area contributed by atoms with E-state index < -0.39 is 19.9 Å². The molecule has 7 nitrogen and oxygen atoms in total. The maximum absolute atomic E-state index is 11.3. The lowest BCUT2D eigenvalue weighted by molar-refractivity contribution is -0.366. The van der Waals surface area contributed by atoms with Crippen molar-refractivity contribution < 1.29 is 28.6 Å². The summed E-state index contributed by atoms with van der Waals surface area (Å²) in [4.78, 5) is 29.2. The van der Waals surface area contributed by atoms with E-state index in [9.17, 15) is 4.79 Å². The predicted molar refractivity (Wildman–Crippen MR) is 154 cm³/mol. The first-order valence-corrected chi connectivity index (χ1v) is 16.8. The van der Waals surface area contributed by atoms with Crippen LogP contribution >= 0.6 is 0 Å². The lowest BCUT2D eigenvalue weighted by Crippen LogP contribution is -2.68. The van der Waals surface area contributed by atoms with Gasteiger partial charge >= 0.3 is 0 Å². The number of hydroxylamine groups is 1. The number of fused-ring (bicyclic) bond motifs is 3. The zero-order valence-electron chi connectivity index (χ0n) is 24.2. The fraction of sp³-hybridized carbons (Fsp3) is 0.594. The summed E-state index contributed by atoms with van der Waals surface area (Å²) in [6, 6.07) is 21.6. The Balaban J connectivity index is 1.24. The van der Waals surface area contributed by atoms with Crippen LogP contribution in [-0.4, -0.2) is 38.5 Å². The smallest absolute Gasteiger partial charge is 0.261 e. The van der Waals surface area contributed by atoms with Crippen molar-refractivity contribution >= 4 is 24.6 Å². The van der Waals surface area contributed by atoms with E-state index in [2.05, 4.69) is 86.9 Å². The molecule has 40 heavy (non-hydrogen) atoms. The van der Waals surface area contributed by atoms with Crippen molar-refractivity contribution in [1.82, 2.24) is 5.48 Å². The number of nitrogens with one attached hydrogen (secondary N) is 1. The summed E-state index contributed by atoms with van der Waals surface area (Å²) in [5.41, 5.74) is 2.47. The molecule has 8 heteroatoms. The van der Waals surface area contributed by atoms with E-state index in [0.29, 0.717) is 18.9 Å². The molecule has 3 aliphatic carbocycles. The van der Waals surface area contributed by atoms with Gasteiger partial charge in [0, 0.05) is 32.1 Å². The summed E-state index contributed by atoms with van der Waals surface area (Å²) >= 11 is 0. The van der Waals surface area contributed by atoms with Crippen LogP contribution in [0.4, 0.5) is 0 Å². The summed E-state index contributed by atoms with van der Waals surface area (Å²) in [5, 5.41) is 2.47. The van der Waals surface area contributed by atoms with Crippen LogP contribution in [0.1, 0.15) is 72.6 Å². The van der Waals surface area contributed by atoms with Gasteiger partial charge in [-0.1, -0.05) is 81.4 Å². The molecular weight excluding hydrogens is 522 g/mol. The fourth-order valence-electron chi connectivity index (χ4n) is 8.00. The lowest BCUT2D eigenvalue weighted by atomic mass is 9.84. The predicted octanol–water partition coefficient (Wildman–Crippen LogP) is 4.99. The zero-order chi connectivity index (χ0) is 28.0. The monoisotopic (exact) mass is 565 g/mol. The zero-order valence-corrected chi connectivity index (χ0v) is 25.2. The van der Waals surface area contributed by atoms with Gasteiger partial charge in [0.15, 0.2) is 0 Å². The second kappa shape index (κ2) is 10.6. The number of carbonyl (C=O) groups is 1. The normalized spacial score (nSPS) is 33.6. The number of amides is 1. The van der Waals surface area contributed by atoms with Gasteiger partial charge in [-0.3, -0.25) is 9.63 Å². The van der Waals surface area contributed by atoms with Gasteiger partial charge in [-0.25, -0.2) is 5.48 Å². The summed E-state index contributed by atoms with van der Waals surface area (Å²) in [6.07, 6.45) is 6.27. The summed E-state index contributed by atoms with van der Waals surface area (Å²) in [6.45, 7) is 8.87. The van der Waals surface area contributed by atoms with Crippen LogP contribution < -0.4 is 15.9 Å². The Hall–Kier alpha value is -2.07. The van der Waals surface area contributed by atoms with Crippen molar-refractivity contribution in [2.45, 2.75) is 95.4 Å². The molecule has 6 rings (SSSR count). The molecule has 1 aliphatic heterocycles. The van der Waals surface area contributed by atoms with Crippen LogP contribution in [0.3, 0.4) is 0 Å². The molecule has 0 radical (unpaired) electrons. The minimum absolute atomic E-state index is 0.0173. The van der Waals surface area contributed by atoms with E-state index >= 15 is 0 Å². The van der Waals surface area contributed by atoms with Crippen LogP contribution in [-0.2, 0) is 28.6 Å². The van der Waals surface area contributed by atoms with Crippen molar-refractivity contribution in [3.8, 4) is 0 Å². The molecule has 3 saturated carbocycles. The van der Waals surface area contributed by atoms with Gasteiger partial charge in [0.2, 0.25) is 17.5 Å². The van der Waals surface area contributed by atoms with E-state index in [-0.39, 0.29) is 28.9 Å². The Labute approximate surface area is 238 Å². The Morgan fingerprint density at radius 1 is 1.00 bits per heavy atom. The maximum atomic E-state index is 11.3. The molecule has 2 bridgehead atoms. The molecule has 1 saturated heterocycles. The highest BCUT2D eigenvalue weighted by Crippen LogP contribution is 2.61. The van der Waals surface area contributed by atoms with Gasteiger partial charge in [-0.15, -0.1) is 0 Å². The number of hydrogen-bond donors (Lipinski definition) is 1. The molecule has 0 unspecified atom stereocenters. The highest BCUT2D eigenvalue weighted by Gasteiger charge is 2.66. The van der Waals surface area contributed by atoms with E-state index in [1.165, 1.54) is 17.3 Å². The number of rotatable bonds is 7. The van der Waals surface area contributed by atoms with Crippen LogP contribution in [0.15, 0.2) is 60.7 Å². The summed E-state index contributed by atoms with van der Waals surface area (Å²) in [5.74, 6) is -0.778. The van der Waals surface area contributed by atoms with Crippen LogP contribution in [0.25, 0.3) is 0 Å². The summed E-state index contributed by atoms with van der Waals surface area (Å²) < 4.78 is 14.4. The van der Waals surface area contributed by atoms with E-state index in [4.69, 9.17) is 23.8 Å². The Morgan fingerprint density at radius 3 is 2.27 bits per heavy atom. The number of hydrogen-bond acceptors (Lipinski definition) is 6. The van der Waals surface area contributed by atoms with Crippen molar-refractivity contribution in [2.75, 3.05) is 6.61 Å². The maximum Gasteiger partial charge on any atom is 0.261 e. The van der Waals surface area contributed by atoms with Gasteiger partial charge in [0.25, 0.3) is 8.32 Å². The molecule has 2 aromatic rings. The Morgan fingerprint density at radius 2 is 1.68 bits per heavy atom. The topological polar surface area (TPSA) is 75.3 Å². The third-order valence-electron chi connectivity index (χ3n) is 9.52. The molecule has 4 aliphatic rings. The first-order valence-electron chi connectivity index (χ1n) is 14.9. The third kappa shape index (κ3) is 4.97. The van der Waals surface area contributed by atoms with Gasteiger partial charge in [-0.05, 0) is 52.9 Å². The minimum atomic E-state index is -2.70. The van der Waals surface area contributed by atoms with Crippen molar-refractivity contribution in [1.29, 1.82) is 0 Å². The SMILES string of the molecule is CC(=O)NOC[C@@H]1C[C@@H]2C[C@H]1[C@]1(C2)OO[C@]2(CCC[C@H](O[Si](c3ccccc3)(c3ccccc3)C(C)(C)C)C2)O1. The molecule has 2 spiro atoms. The van der Waals surface area contributed by atoms with E-state index in [1.54, 1.807) is 0 Å². The first kappa shape index (κ1) is 28.1. The largest absolute Gasteiger partial charge is 0.404 e. The van der Waals surface area contributed by atoms with Crippen LogP contribution in [0, 0.1) is 17.8 Å². The molecule has 216 valence electrons. The Bertz CT molecular complexity index is 1150. The second-order valence-corrected chi connectivity index (χ2v) is 17.6. The first-order chi connectivity index (χ1) is 19.1. The van der Waals surface area contributed by atoms with E-state index in [1.807, 2.05) is 0 Å². The average Bonchev–Trinajstić information content (AvgIpc) is 3.60. The fourth-order valence-corrected chi connectivity index (χ4v) is 12.7. The molecule has 1 N–H and O–H groups in total. The quantitative estimate of drug-likeness (QED) is 0.290. The number of ether oxygens (including phenoxy) is 1. The second-order valence-electron chi connectivity index (χ2n) is 13.4. The van der Waals surface area contributed by atoms with Crippen LogP contribution in [0.5, 0.6) is 0 Å². The van der Waals surface area contributed by atoms with Gasteiger partial charge in [0.1, 0.15) is 0 Å². The van der Waals surface area contributed by atoms with Crippen LogP contribution in [0.2, 0.25) is 5.04 Å². The van der Waals surface area contributed by atoms with Crippen molar-refractivity contribution in [2.24, 2.45) is 17.8 Å². The van der Waals surface area contributed by atoms with Crippen molar-refractivity contribution in [3.05, 3.63) is 60.7 Å². The van der Waals surface area contributed by atoms with Gasteiger partial charge < -0.3 is 9.16 Å². The Kier molecular flexibility index (Phi) is 7.47. The third-order valence-corrected chi connectivity index (χ3v) is 14.6. The molecule has 1 heterocycles. The molecular formula is C32H43NO6Si. The highest BCUT2D eigenvalue weighted by atomic mass is 28.4. The standard InChI is InChI=1S/C32H43NO6Si/c1-23(34)33-35-22-25-18-24-19-29(25)32(20-24)37-31(38-39-32)17-11-12-26(21-31)36-40(30(2,3)4,27-13-7-5-8-14-27)28-15-9-6-10-16-28/h5-10,13-16,24-26,29H,11-12,17-22H2,1-4H3,(H,33,34)/t24-,25+,26+,29-,31+,32+/m1/s1. The lowest BCUT2D eigenvalue weighted by Gasteiger charge is -2.47. The molecule has 1 amide bonds. The highest BCUT2D eigenvalue weighted by molar-refractivity contribution is 6.99. The molecule has 2 aromatic carbocycles. The van der Waals surface area contributed by atoms with Gasteiger partial charge in [-0.2, -0.15) is 9.78 Å². The number of benzene rings is 2.